The van der Waals surface area contributed by atoms with E-state index in [1.54, 1.807) is 18.3 Å². The number of hydrogen-bond acceptors (Lipinski definition) is 7. The van der Waals surface area contributed by atoms with Crippen molar-refractivity contribution in [2.24, 2.45) is 0 Å². The summed E-state index contributed by atoms with van der Waals surface area (Å²) in [5.74, 6) is 1.24. The minimum atomic E-state index is 0.530. The van der Waals surface area contributed by atoms with Crippen molar-refractivity contribution in [2.75, 3.05) is 23.7 Å². The minimum absolute atomic E-state index is 0.530. The Bertz CT molecular complexity index is 1190. The summed E-state index contributed by atoms with van der Waals surface area (Å²) >= 11 is 6.12. The third kappa shape index (κ3) is 6.56. The van der Waals surface area contributed by atoms with E-state index < -0.39 is 0 Å². The third-order valence-electron chi connectivity index (χ3n) is 5.13. The lowest BCUT2D eigenvalue weighted by atomic mass is 10.0. The first-order chi connectivity index (χ1) is 16.5. The number of aromatic nitrogens is 3. The molecule has 0 spiro atoms. The van der Waals surface area contributed by atoms with Gasteiger partial charge in [0.25, 0.3) is 0 Å². The molecule has 3 N–H and O–H groups in total. The normalized spacial score (nSPS) is 11.6. The van der Waals surface area contributed by atoms with Gasteiger partial charge in [0.1, 0.15) is 11.9 Å². The lowest BCUT2D eigenvalue weighted by Gasteiger charge is -2.17. The van der Waals surface area contributed by atoms with Gasteiger partial charge in [-0.25, -0.2) is 15.0 Å². The van der Waals surface area contributed by atoms with Gasteiger partial charge in [0, 0.05) is 47.3 Å². The van der Waals surface area contributed by atoms with Crippen molar-refractivity contribution >= 4 is 29.1 Å². The highest BCUT2D eigenvalue weighted by atomic mass is 35.5. The molecule has 3 aromatic rings. The van der Waals surface area contributed by atoms with Crippen LogP contribution in [0.25, 0.3) is 17.0 Å². The second-order valence-electron chi connectivity index (χ2n) is 7.51. The van der Waals surface area contributed by atoms with Crippen LogP contribution in [0.1, 0.15) is 38.3 Å². The van der Waals surface area contributed by atoms with Gasteiger partial charge in [-0.2, -0.15) is 5.26 Å². The molecule has 0 radical (unpaired) electrons. The highest BCUT2D eigenvalue weighted by Gasteiger charge is 2.15. The SMILES string of the molecule is C/C=C\NC(=C(C)CC)c1cnc(NCCNc2ccc(C#N)cn2)nc1-c1ccc(Cl)cc1. The van der Waals surface area contributed by atoms with Crippen molar-refractivity contribution < 1.29 is 0 Å². The second kappa shape index (κ2) is 12.4. The topological polar surface area (TPSA) is 98.6 Å². The number of rotatable bonds is 10. The molecule has 0 amide bonds. The number of nitrogens with one attached hydrogen (secondary N) is 3. The zero-order valence-corrected chi connectivity index (χ0v) is 20.3. The predicted molar refractivity (Wildman–Crippen MR) is 139 cm³/mol. The van der Waals surface area contributed by atoms with Crippen molar-refractivity contribution in [3.8, 4) is 17.3 Å². The fourth-order valence-corrected chi connectivity index (χ4v) is 3.31. The molecule has 0 unspecified atom stereocenters. The van der Waals surface area contributed by atoms with Crippen molar-refractivity contribution in [2.45, 2.75) is 27.2 Å². The molecule has 0 aliphatic carbocycles. The summed E-state index contributed by atoms with van der Waals surface area (Å²) < 4.78 is 0. The Balaban J connectivity index is 1.83. The molecule has 2 heterocycles. The average Bonchev–Trinajstić information content (AvgIpc) is 2.88. The maximum absolute atomic E-state index is 8.88. The summed E-state index contributed by atoms with van der Waals surface area (Å²) in [6, 6.07) is 13.2. The van der Waals surface area contributed by atoms with E-state index in [-0.39, 0.29) is 0 Å². The molecular formula is C26H28ClN7. The monoisotopic (exact) mass is 473 g/mol. The number of hydrogen-bond donors (Lipinski definition) is 3. The standard InChI is InChI=1S/C26H28ClN7/c1-4-12-30-24(18(3)5-2)22-17-33-26(34-25(22)20-7-9-21(27)10-8-20)31-14-13-29-23-11-6-19(15-28)16-32-23/h4,6-12,16-17,30H,5,13-14H2,1-3H3,(H,29,32)(H,31,33,34)/b12-4-,24-18?. The molecule has 0 aliphatic rings. The minimum Gasteiger partial charge on any atom is -0.368 e. The summed E-state index contributed by atoms with van der Waals surface area (Å²) in [4.78, 5) is 13.6. The predicted octanol–water partition coefficient (Wildman–Crippen LogP) is 5.85. The van der Waals surface area contributed by atoms with Gasteiger partial charge in [0.15, 0.2) is 0 Å². The van der Waals surface area contributed by atoms with Crippen LogP contribution in [0.3, 0.4) is 0 Å². The summed E-state index contributed by atoms with van der Waals surface area (Å²) in [5, 5.41) is 19.4. The molecule has 7 nitrogen and oxygen atoms in total. The Hall–Kier alpha value is -3.89. The van der Waals surface area contributed by atoms with Crippen LogP contribution < -0.4 is 16.0 Å². The number of benzene rings is 1. The quantitative estimate of drug-likeness (QED) is 0.317. The first-order valence-corrected chi connectivity index (χ1v) is 11.5. The second-order valence-corrected chi connectivity index (χ2v) is 7.95. The van der Waals surface area contributed by atoms with E-state index in [4.69, 9.17) is 21.8 Å². The molecule has 0 saturated heterocycles. The molecule has 1 aromatic carbocycles. The summed E-state index contributed by atoms with van der Waals surface area (Å²) in [7, 11) is 0. The molecule has 0 atom stereocenters. The number of anilines is 2. The Morgan fingerprint density at radius 2 is 1.82 bits per heavy atom. The number of halogens is 1. The number of nitriles is 1. The van der Waals surface area contributed by atoms with Crippen LogP contribution in [0.4, 0.5) is 11.8 Å². The first-order valence-electron chi connectivity index (χ1n) is 11.1. The van der Waals surface area contributed by atoms with Crippen molar-refractivity contribution in [1.29, 1.82) is 5.26 Å². The van der Waals surface area contributed by atoms with Gasteiger partial charge in [-0.15, -0.1) is 0 Å². The van der Waals surface area contributed by atoms with Gasteiger partial charge in [0.05, 0.1) is 11.3 Å². The van der Waals surface area contributed by atoms with Crippen LogP contribution in [-0.4, -0.2) is 28.0 Å². The average molecular weight is 474 g/mol. The Morgan fingerprint density at radius 1 is 1.06 bits per heavy atom. The van der Waals surface area contributed by atoms with Crippen molar-refractivity contribution in [1.82, 2.24) is 20.3 Å². The largest absolute Gasteiger partial charge is 0.368 e. The fraction of sp³-hybridized carbons (Fsp3) is 0.231. The van der Waals surface area contributed by atoms with Gasteiger partial charge in [-0.3, -0.25) is 0 Å². The van der Waals surface area contributed by atoms with E-state index in [9.17, 15) is 0 Å². The van der Waals surface area contributed by atoms with Crippen LogP contribution in [-0.2, 0) is 0 Å². The Kier molecular flexibility index (Phi) is 9.01. The maximum Gasteiger partial charge on any atom is 0.223 e. The Labute approximate surface area is 205 Å². The molecule has 0 bridgehead atoms. The van der Waals surface area contributed by atoms with E-state index in [0.717, 1.165) is 28.9 Å². The van der Waals surface area contributed by atoms with E-state index >= 15 is 0 Å². The lowest BCUT2D eigenvalue weighted by Crippen LogP contribution is -2.16. The summed E-state index contributed by atoms with van der Waals surface area (Å²) in [6.45, 7) is 7.41. The van der Waals surface area contributed by atoms with Crippen LogP contribution in [0, 0.1) is 11.3 Å². The summed E-state index contributed by atoms with van der Waals surface area (Å²) in [6.07, 6.45) is 8.16. The number of allylic oxidation sites excluding steroid dienone is 2. The van der Waals surface area contributed by atoms with Gasteiger partial charge in [0.2, 0.25) is 5.95 Å². The van der Waals surface area contributed by atoms with Crippen molar-refractivity contribution in [3.05, 3.63) is 82.8 Å². The summed E-state index contributed by atoms with van der Waals surface area (Å²) in [5.41, 5.74) is 5.42. The fourth-order valence-electron chi connectivity index (χ4n) is 3.18. The lowest BCUT2D eigenvalue weighted by molar-refractivity contribution is 1.01. The van der Waals surface area contributed by atoms with Gasteiger partial charge in [-0.05, 0) is 56.3 Å². The highest BCUT2D eigenvalue weighted by molar-refractivity contribution is 6.30. The molecule has 0 saturated carbocycles. The molecule has 8 heteroatoms. The van der Waals surface area contributed by atoms with Crippen LogP contribution in [0.2, 0.25) is 5.02 Å². The first kappa shape index (κ1) is 24.7. The van der Waals surface area contributed by atoms with Gasteiger partial charge >= 0.3 is 0 Å². The van der Waals surface area contributed by atoms with Gasteiger partial charge < -0.3 is 16.0 Å². The van der Waals surface area contributed by atoms with E-state index in [2.05, 4.69) is 45.8 Å². The smallest absolute Gasteiger partial charge is 0.223 e. The van der Waals surface area contributed by atoms with Crippen molar-refractivity contribution in [3.63, 3.8) is 0 Å². The highest BCUT2D eigenvalue weighted by Crippen LogP contribution is 2.30. The van der Waals surface area contributed by atoms with Crippen LogP contribution in [0.5, 0.6) is 0 Å². The number of nitrogens with zero attached hydrogens (tertiary/aromatic N) is 4. The van der Waals surface area contributed by atoms with Crippen LogP contribution >= 0.6 is 11.6 Å². The van der Waals surface area contributed by atoms with Crippen LogP contribution in [0.15, 0.2) is 66.6 Å². The molecule has 0 aliphatic heterocycles. The molecular weight excluding hydrogens is 446 g/mol. The maximum atomic E-state index is 8.88. The Morgan fingerprint density at radius 3 is 2.47 bits per heavy atom. The molecule has 0 fully saturated rings. The number of pyridine rings is 1. The molecule has 2 aromatic heterocycles. The van der Waals surface area contributed by atoms with Gasteiger partial charge in [-0.1, -0.05) is 36.7 Å². The van der Waals surface area contributed by atoms with E-state index in [1.165, 1.54) is 5.57 Å². The van der Waals surface area contributed by atoms with E-state index in [0.29, 0.717) is 35.4 Å². The molecule has 34 heavy (non-hydrogen) atoms. The molecule has 174 valence electrons. The molecule has 3 rings (SSSR count). The third-order valence-corrected chi connectivity index (χ3v) is 5.39. The zero-order chi connectivity index (χ0) is 24.3. The zero-order valence-electron chi connectivity index (χ0n) is 19.6. The van der Waals surface area contributed by atoms with E-state index in [1.807, 2.05) is 49.7 Å².